The zero-order chi connectivity index (χ0) is 18.6. The molecule has 0 saturated heterocycles. The monoisotopic (exact) mass is 424 g/mol. The molecule has 7 heteroatoms. The summed E-state index contributed by atoms with van der Waals surface area (Å²) in [5.41, 5.74) is 1.95. The fourth-order valence-electron chi connectivity index (χ4n) is 2.50. The van der Waals surface area contributed by atoms with E-state index in [1.165, 1.54) is 12.1 Å². The standard InChI is InChI=1S/C18H21BrN2O3S/c1-13(15-7-9-17(10-8-15)25(20,23)24)21(2)18(22)11-6-14-4-3-5-16(19)12-14/h3-5,7-10,12-13H,6,11H2,1-2H3,(H2,20,23,24). The van der Waals surface area contributed by atoms with E-state index in [2.05, 4.69) is 15.9 Å². The molecule has 2 rings (SSSR count). The minimum absolute atomic E-state index is 0.0306. The third-order valence-electron chi connectivity index (χ3n) is 4.18. The average Bonchev–Trinajstić information content (AvgIpc) is 2.58. The van der Waals surface area contributed by atoms with Crippen molar-refractivity contribution in [3.05, 3.63) is 64.1 Å². The summed E-state index contributed by atoms with van der Waals surface area (Å²) in [5.74, 6) is 0.0306. The van der Waals surface area contributed by atoms with Gasteiger partial charge in [-0.25, -0.2) is 13.6 Å². The van der Waals surface area contributed by atoms with Gasteiger partial charge in [0.25, 0.3) is 0 Å². The van der Waals surface area contributed by atoms with Gasteiger partial charge in [0.05, 0.1) is 10.9 Å². The quantitative estimate of drug-likeness (QED) is 0.772. The minimum atomic E-state index is -3.71. The van der Waals surface area contributed by atoms with E-state index in [1.54, 1.807) is 24.1 Å². The summed E-state index contributed by atoms with van der Waals surface area (Å²) in [6, 6.07) is 14.0. The molecule has 134 valence electrons. The van der Waals surface area contributed by atoms with Gasteiger partial charge in [0.15, 0.2) is 0 Å². The Morgan fingerprint density at radius 2 is 1.84 bits per heavy atom. The van der Waals surface area contributed by atoms with Gasteiger partial charge in [-0.05, 0) is 48.7 Å². The van der Waals surface area contributed by atoms with Crippen LogP contribution in [0, 0.1) is 0 Å². The molecule has 1 unspecified atom stereocenters. The second-order valence-electron chi connectivity index (χ2n) is 5.92. The van der Waals surface area contributed by atoms with Crippen LogP contribution < -0.4 is 5.14 Å². The van der Waals surface area contributed by atoms with E-state index in [4.69, 9.17) is 5.14 Å². The summed E-state index contributed by atoms with van der Waals surface area (Å²) in [7, 11) is -1.96. The Labute approximate surface area is 157 Å². The van der Waals surface area contributed by atoms with Crippen LogP contribution in [0.2, 0.25) is 0 Å². The third kappa shape index (κ3) is 5.39. The molecule has 0 aliphatic rings. The molecule has 2 aromatic rings. The molecule has 0 bridgehead atoms. The zero-order valence-corrected chi connectivity index (χ0v) is 16.5. The molecule has 0 saturated carbocycles. The van der Waals surface area contributed by atoms with E-state index >= 15 is 0 Å². The maximum atomic E-state index is 12.4. The van der Waals surface area contributed by atoms with E-state index in [0.29, 0.717) is 12.8 Å². The van der Waals surface area contributed by atoms with Gasteiger partial charge in [0, 0.05) is 17.9 Å². The molecular formula is C18H21BrN2O3S. The van der Waals surface area contributed by atoms with Crippen LogP contribution in [0.5, 0.6) is 0 Å². The van der Waals surface area contributed by atoms with Crippen molar-refractivity contribution in [3.8, 4) is 0 Å². The summed E-state index contributed by atoms with van der Waals surface area (Å²) in [6.07, 6.45) is 1.08. The number of sulfonamides is 1. The van der Waals surface area contributed by atoms with Crippen LogP contribution in [0.4, 0.5) is 0 Å². The van der Waals surface area contributed by atoms with Crippen molar-refractivity contribution in [2.45, 2.75) is 30.7 Å². The number of benzene rings is 2. The molecular weight excluding hydrogens is 404 g/mol. The molecule has 0 fully saturated rings. The van der Waals surface area contributed by atoms with Crippen molar-refractivity contribution in [2.75, 3.05) is 7.05 Å². The lowest BCUT2D eigenvalue weighted by atomic mass is 10.1. The van der Waals surface area contributed by atoms with Gasteiger partial charge in [-0.2, -0.15) is 0 Å². The number of hydrogen-bond acceptors (Lipinski definition) is 3. The van der Waals surface area contributed by atoms with Crippen LogP contribution in [-0.2, 0) is 21.2 Å². The van der Waals surface area contributed by atoms with Crippen LogP contribution in [0.1, 0.15) is 30.5 Å². The number of carbonyl (C=O) groups is 1. The highest BCUT2D eigenvalue weighted by Gasteiger charge is 2.18. The van der Waals surface area contributed by atoms with E-state index in [0.717, 1.165) is 15.6 Å². The Balaban J connectivity index is 2.01. The fraction of sp³-hybridized carbons (Fsp3) is 0.278. The normalized spacial score (nSPS) is 12.6. The lowest BCUT2D eigenvalue weighted by Crippen LogP contribution is -2.29. The number of nitrogens with two attached hydrogens (primary N) is 1. The lowest BCUT2D eigenvalue weighted by molar-refractivity contribution is -0.131. The number of amides is 1. The van der Waals surface area contributed by atoms with Crippen molar-refractivity contribution in [3.63, 3.8) is 0 Å². The van der Waals surface area contributed by atoms with Gasteiger partial charge >= 0.3 is 0 Å². The predicted molar refractivity (Wildman–Crippen MR) is 101 cm³/mol. The topological polar surface area (TPSA) is 80.5 Å². The fourth-order valence-corrected chi connectivity index (χ4v) is 3.46. The third-order valence-corrected chi connectivity index (χ3v) is 5.60. The Morgan fingerprint density at radius 1 is 1.20 bits per heavy atom. The maximum Gasteiger partial charge on any atom is 0.238 e. The number of hydrogen-bond donors (Lipinski definition) is 1. The molecule has 1 amide bonds. The Morgan fingerprint density at radius 3 is 2.40 bits per heavy atom. The minimum Gasteiger partial charge on any atom is -0.339 e. The number of carbonyl (C=O) groups excluding carboxylic acids is 1. The molecule has 5 nitrogen and oxygen atoms in total. The number of primary sulfonamides is 1. The van der Waals surface area contributed by atoms with Gasteiger partial charge in [0.2, 0.25) is 15.9 Å². The van der Waals surface area contributed by atoms with E-state index in [9.17, 15) is 13.2 Å². The summed E-state index contributed by atoms with van der Waals surface area (Å²) < 4.78 is 23.6. The van der Waals surface area contributed by atoms with Gasteiger partial charge in [-0.15, -0.1) is 0 Å². The highest BCUT2D eigenvalue weighted by Crippen LogP contribution is 2.21. The van der Waals surface area contributed by atoms with E-state index < -0.39 is 10.0 Å². The average molecular weight is 425 g/mol. The first-order valence-corrected chi connectivity index (χ1v) is 10.2. The largest absolute Gasteiger partial charge is 0.339 e. The molecule has 0 heterocycles. The van der Waals surface area contributed by atoms with Crippen LogP contribution >= 0.6 is 15.9 Å². The Kier molecular flexibility index (Phi) is 6.37. The van der Waals surface area contributed by atoms with Crippen molar-refractivity contribution >= 4 is 31.9 Å². The number of nitrogens with zero attached hydrogens (tertiary/aromatic N) is 1. The molecule has 1 atom stereocenters. The second kappa shape index (κ2) is 8.12. The molecule has 0 radical (unpaired) electrons. The van der Waals surface area contributed by atoms with Gasteiger partial charge in [-0.1, -0.05) is 40.2 Å². The number of rotatable bonds is 6. The van der Waals surface area contributed by atoms with Crippen molar-refractivity contribution < 1.29 is 13.2 Å². The number of aryl methyl sites for hydroxylation is 1. The first-order chi connectivity index (χ1) is 11.7. The van der Waals surface area contributed by atoms with Crippen molar-refractivity contribution in [2.24, 2.45) is 5.14 Å². The van der Waals surface area contributed by atoms with Gasteiger partial charge in [-0.3, -0.25) is 4.79 Å². The number of halogens is 1. The first kappa shape index (κ1) is 19.6. The molecule has 25 heavy (non-hydrogen) atoms. The second-order valence-corrected chi connectivity index (χ2v) is 8.40. The summed E-state index contributed by atoms with van der Waals surface area (Å²) in [6.45, 7) is 1.91. The lowest BCUT2D eigenvalue weighted by Gasteiger charge is -2.25. The summed E-state index contributed by atoms with van der Waals surface area (Å²) in [5, 5.41) is 5.10. The molecule has 0 spiro atoms. The molecule has 0 aromatic heterocycles. The van der Waals surface area contributed by atoms with E-state index in [-0.39, 0.29) is 16.8 Å². The molecule has 2 N–H and O–H groups in total. The van der Waals surface area contributed by atoms with Gasteiger partial charge in [0.1, 0.15) is 0 Å². The zero-order valence-electron chi connectivity index (χ0n) is 14.1. The Bertz CT molecular complexity index is 851. The SMILES string of the molecule is CC(c1ccc(S(N)(=O)=O)cc1)N(C)C(=O)CCc1cccc(Br)c1. The van der Waals surface area contributed by atoms with Crippen LogP contribution in [0.25, 0.3) is 0 Å². The Hall–Kier alpha value is -1.70. The highest BCUT2D eigenvalue weighted by atomic mass is 79.9. The highest BCUT2D eigenvalue weighted by molar-refractivity contribution is 9.10. The van der Waals surface area contributed by atoms with Crippen LogP contribution in [0.3, 0.4) is 0 Å². The molecule has 0 aliphatic heterocycles. The van der Waals surface area contributed by atoms with Crippen LogP contribution in [-0.4, -0.2) is 26.3 Å². The molecule has 0 aliphatic carbocycles. The first-order valence-electron chi connectivity index (χ1n) is 7.81. The van der Waals surface area contributed by atoms with E-state index in [1.807, 2.05) is 31.2 Å². The van der Waals surface area contributed by atoms with Crippen molar-refractivity contribution in [1.29, 1.82) is 0 Å². The summed E-state index contributed by atoms with van der Waals surface area (Å²) in [4.78, 5) is 14.2. The van der Waals surface area contributed by atoms with Crippen LogP contribution in [0.15, 0.2) is 57.9 Å². The predicted octanol–water partition coefficient (Wildman–Crippen LogP) is 3.25. The maximum absolute atomic E-state index is 12.4. The smallest absolute Gasteiger partial charge is 0.238 e. The van der Waals surface area contributed by atoms with Gasteiger partial charge < -0.3 is 4.90 Å². The van der Waals surface area contributed by atoms with Crippen molar-refractivity contribution in [1.82, 2.24) is 4.90 Å². The summed E-state index contributed by atoms with van der Waals surface area (Å²) >= 11 is 3.42. The molecule has 2 aromatic carbocycles.